The lowest BCUT2D eigenvalue weighted by molar-refractivity contribution is -0.119. The zero-order valence-corrected chi connectivity index (χ0v) is 17.9. The van der Waals surface area contributed by atoms with E-state index in [9.17, 15) is 13.2 Å². The first kappa shape index (κ1) is 21.7. The number of nitrogens with zero attached hydrogens (tertiary/aromatic N) is 1. The van der Waals surface area contributed by atoms with Crippen LogP contribution in [-0.2, 0) is 14.8 Å². The van der Waals surface area contributed by atoms with Crippen molar-refractivity contribution in [1.29, 1.82) is 0 Å². The Morgan fingerprint density at radius 2 is 1.81 bits per heavy atom. The van der Waals surface area contributed by atoms with Gasteiger partial charge >= 0.3 is 0 Å². The molecular weight excluding hydrogens is 415 g/mol. The molecule has 0 bridgehead atoms. The molecule has 26 heavy (non-hydrogen) atoms. The summed E-state index contributed by atoms with van der Waals surface area (Å²) in [4.78, 5) is 12.2. The summed E-state index contributed by atoms with van der Waals surface area (Å²) in [5.41, 5.74) is 0.275. The van der Waals surface area contributed by atoms with Crippen molar-refractivity contribution < 1.29 is 13.2 Å². The molecule has 9 heteroatoms. The molecule has 0 saturated heterocycles. The van der Waals surface area contributed by atoms with Gasteiger partial charge in [-0.05, 0) is 31.0 Å². The van der Waals surface area contributed by atoms with Gasteiger partial charge in [-0.25, -0.2) is 8.42 Å². The van der Waals surface area contributed by atoms with Gasteiger partial charge in [0.1, 0.15) is 6.54 Å². The van der Waals surface area contributed by atoms with Crippen molar-refractivity contribution in [3.8, 4) is 0 Å². The molecule has 0 unspecified atom stereocenters. The number of benzene rings is 1. The SMILES string of the molecule is CS(=O)(=O)N(CC(=O)NCCSC1CCCCC1)c1cc(Cl)cc(Cl)c1. The molecular formula is C17H24Cl2N2O3S2. The van der Waals surface area contributed by atoms with Gasteiger partial charge in [0.25, 0.3) is 0 Å². The molecule has 0 spiro atoms. The molecule has 1 aliphatic carbocycles. The molecule has 0 radical (unpaired) electrons. The van der Waals surface area contributed by atoms with Crippen LogP contribution in [0.2, 0.25) is 10.0 Å². The number of rotatable bonds is 8. The number of anilines is 1. The number of hydrogen-bond donors (Lipinski definition) is 1. The molecule has 5 nitrogen and oxygen atoms in total. The Hall–Kier alpha value is -0.630. The van der Waals surface area contributed by atoms with Gasteiger partial charge in [-0.3, -0.25) is 9.10 Å². The van der Waals surface area contributed by atoms with Crippen molar-refractivity contribution in [2.24, 2.45) is 0 Å². The van der Waals surface area contributed by atoms with E-state index >= 15 is 0 Å². The van der Waals surface area contributed by atoms with Gasteiger partial charge in [-0.2, -0.15) is 11.8 Å². The Bertz CT molecular complexity index is 702. The molecule has 0 aromatic heterocycles. The van der Waals surface area contributed by atoms with Gasteiger partial charge in [-0.15, -0.1) is 0 Å². The summed E-state index contributed by atoms with van der Waals surface area (Å²) in [5, 5.41) is 4.10. The van der Waals surface area contributed by atoms with E-state index in [4.69, 9.17) is 23.2 Å². The summed E-state index contributed by atoms with van der Waals surface area (Å²) in [5.74, 6) is 0.480. The minimum atomic E-state index is -3.64. The Morgan fingerprint density at radius 1 is 1.19 bits per heavy atom. The summed E-state index contributed by atoms with van der Waals surface area (Å²) < 4.78 is 25.2. The van der Waals surface area contributed by atoms with Gasteiger partial charge in [0.05, 0.1) is 11.9 Å². The Morgan fingerprint density at radius 3 is 2.38 bits per heavy atom. The highest BCUT2D eigenvalue weighted by Gasteiger charge is 2.21. The summed E-state index contributed by atoms with van der Waals surface area (Å²) in [6, 6.07) is 4.46. The third kappa shape index (κ3) is 7.18. The Kier molecular flexibility index (Phi) is 8.39. The highest BCUT2D eigenvalue weighted by atomic mass is 35.5. The fourth-order valence-electron chi connectivity index (χ4n) is 2.92. The van der Waals surface area contributed by atoms with E-state index in [1.54, 1.807) is 0 Å². The molecule has 1 saturated carbocycles. The van der Waals surface area contributed by atoms with E-state index in [1.807, 2.05) is 11.8 Å². The van der Waals surface area contributed by atoms with Crippen molar-refractivity contribution >= 4 is 56.6 Å². The van der Waals surface area contributed by atoms with Crippen molar-refractivity contribution in [2.45, 2.75) is 37.4 Å². The van der Waals surface area contributed by atoms with Crippen LogP contribution in [0.4, 0.5) is 5.69 Å². The van der Waals surface area contributed by atoms with Crippen LogP contribution < -0.4 is 9.62 Å². The predicted molar refractivity (Wildman–Crippen MR) is 111 cm³/mol. The lowest BCUT2D eigenvalue weighted by atomic mass is 10.0. The number of hydrogen-bond acceptors (Lipinski definition) is 4. The molecule has 0 atom stereocenters. The second kappa shape index (κ2) is 10.1. The summed E-state index contributed by atoms with van der Waals surface area (Å²) >= 11 is 13.8. The summed E-state index contributed by atoms with van der Waals surface area (Å²) in [6.07, 6.45) is 7.44. The third-order valence-electron chi connectivity index (χ3n) is 4.15. The van der Waals surface area contributed by atoms with E-state index in [0.29, 0.717) is 21.8 Å². The predicted octanol–water partition coefficient (Wildman–Crippen LogP) is 3.94. The van der Waals surface area contributed by atoms with Crippen LogP contribution in [0.15, 0.2) is 18.2 Å². The maximum atomic E-state index is 12.2. The summed E-state index contributed by atoms with van der Waals surface area (Å²) in [6.45, 7) is 0.220. The van der Waals surface area contributed by atoms with E-state index in [0.717, 1.165) is 16.3 Å². The minimum absolute atomic E-state index is 0.275. The number of thioether (sulfide) groups is 1. The van der Waals surface area contributed by atoms with Crippen LogP contribution in [0.5, 0.6) is 0 Å². The van der Waals surface area contributed by atoms with Crippen molar-refractivity contribution in [2.75, 3.05) is 29.4 Å². The maximum Gasteiger partial charge on any atom is 0.240 e. The van der Waals surface area contributed by atoms with Crippen molar-refractivity contribution in [1.82, 2.24) is 5.32 Å². The number of halogens is 2. The van der Waals surface area contributed by atoms with E-state index in [1.165, 1.54) is 50.3 Å². The molecule has 1 fully saturated rings. The zero-order valence-electron chi connectivity index (χ0n) is 14.7. The topological polar surface area (TPSA) is 66.5 Å². The number of carbonyl (C=O) groups excluding carboxylic acids is 1. The lowest BCUT2D eigenvalue weighted by Gasteiger charge is -2.23. The molecule has 1 aliphatic rings. The smallest absolute Gasteiger partial charge is 0.240 e. The van der Waals surface area contributed by atoms with Gasteiger partial charge in [-0.1, -0.05) is 42.5 Å². The molecule has 1 aromatic carbocycles. The number of sulfonamides is 1. The standard InChI is InChI=1S/C17H24Cl2N2O3S2/c1-26(23,24)21(15-10-13(18)9-14(19)11-15)12-17(22)20-7-8-25-16-5-3-2-4-6-16/h9-11,16H,2-8,12H2,1H3,(H,20,22). The first-order chi connectivity index (χ1) is 12.3. The largest absolute Gasteiger partial charge is 0.354 e. The average molecular weight is 439 g/mol. The number of amides is 1. The Labute approximate surface area is 169 Å². The quantitative estimate of drug-likeness (QED) is 0.623. The van der Waals surface area contributed by atoms with Gasteiger partial charge in [0.2, 0.25) is 15.9 Å². The van der Waals surface area contributed by atoms with Crippen molar-refractivity contribution in [3.63, 3.8) is 0 Å². The maximum absolute atomic E-state index is 12.2. The second-order valence-electron chi connectivity index (χ2n) is 6.38. The molecule has 1 N–H and O–H groups in total. The number of nitrogens with one attached hydrogen (secondary N) is 1. The zero-order chi connectivity index (χ0) is 19.2. The second-order valence-corrected chi connectivity index (χ2v) is 10.6. The van der Waals surface area contributed by atoms with Crippen LogP contribution in [0, 0.1) is 0 Å². The van der Waals surface area contributed by atoms with Gasteiger partial charge in [0.15, 0.2) is 0 Å². The summed E-state index contributed by atoms with van der Waals surface area (Å²) in [7, 11) is -3.64. The highest BCUT2D eigenvalue weighted by molar-refractivity contribution is 7.99. The van der Waals surface area contributed by atoms with Gasteiger partial charge < -0.3 is 5.32 Å². The van der Waals surface area contributed by atoms with Crippen molar-refractivity contribution in [3.05, 3.63) is 28.2 Å². The minimum Gasteiger partial charge on any atom is -0.354 e. The average Bonchev–Trinajstić information content (AvgIpc) is 2.55. The van der Waals surface area contributed by atoms with Crippen LogP contribution in [0.3, 0.4) is 0 Å². The van der Waals surface area contributed by atoms with E-state index < -0.39 is 10.0 Å². The normalized spacial score (nSPS) is 15.7. The first-order valence-electron chi connectivity index (χ1n) is 8.58. The molecule has 0 heterocycles. The molecule has 0 aliphatic heterocycles. The van der Waals surface area contributed by atoms with E-state index in [2.05, 4.69) is 5.32 Å². The van der Waals surface area contributed by atoms with Crippen LogP contribution in [0.25, 0.3) is 0 Å². The third-order valence-corrected chi connectivity index (χ3v) is 7.11. The molecule has 146 valence electrons. The van der Waals surface area contributed by atoms with Crippen LogP contribution >= 0.6 is 35.0 Å². The lowest BCUT2D eigenvalue weighted by Crippen LogP contribution is -2.41. The Balaban J connectivity index is 1.88. The van der Waals surface area contributed by atoms with Crippen LogP contribution in [-0.4, -0.2) is 44.7 Å². The molecule has 1 amide bonds. The first-order valence-corrected chi connectivity index (χ1v) is 12.2. The molecule has 2 rings (SSSR count). The van der Waals surface area contributed by atoms with Gasteiger partial charge in [0, 0.05) is 27.6 Å². The highest BCUT2D eigenvalue weighted by Crippen LogP contribution is 2.28. The fourth-order valence-corrected chi connectivity index (χ4v) is 5.49. The fraction of sp³-hybridized carbons (Fsp3) is 0.588. The van der Waals surface area contributed by atoms with Crippen LogP contribution in [0.1, 0.15) is 32.1 Å². The molecule has 1 aromatic rings. The number of carbonyl (C=O) groups is 1. The van der Waals surface area contributed by atoms with E-state index in [-0.39, 0.29) is 18.1 Å². The monoisotopic (exact) mass is 438 g/mol.